The van der Waals surface area contributed by atoms with Crippen LogP contribution in [-0.2, 0) is 11.3 Å². The Morgan fingerprint density at radius 3 is 2.62 bits per heavy atom. The van der Waals surface area contributed by atoms with Gasteiger partial charge in [-0.25, -0.2) is 0 Å². The van der Waals surface area contributed by atoms with Gasteiger partial charge in [-0.2, -0.15) is 0 Å². The van der Waals surface area contributed by atoms with Crippen molar-refractivity contribution in [3.8, 4) is 5.75 Å². The molecule has 0 atom stereocenters. The zero-order chi connectivity index (χ0) is 15.2. The Morgan fingerprint density at radius 2 is 1.95 bits per heavy atom. The number of hydrogen-bond acceptors (Lipinski definition) is 3. The molecule has 21 heavy (non-hydrogen) atoms. The zero-order valence-electron chi connectivity index (χ0n) is 12.6. The lowest BCUT2D eigenvalue weighted by atomic mass is 10.1. The molecule has 0 bridgehead atoms. The number of amides is 1. The maximum absolute atomic E-state index is 11.6. The number of rotatable bonds is 6. The summed E-state index contributed by atoms with van der Waals surface area (Å²) < 4.78 is 5.36. The number of nitrogens with one attached hydrogen (secondary N) is 1. The SMILES string of the molecule is CNc1cccc(C)c1N(C=O)Cc1ccccc1OC. The van der Waals surface area contributed by atoms with E-state index in [1.165, 1.54) is 0 Å². The number of carbonyl (C=O) groups excluding carboxylic acids is 1. The smallest absolute Gasteiger partial charge is 0.214 e. The van der Waals surface area contributed by atoms with Crippen molar-refractivity contribution in [1.82, 2.24) is 0 Å². The van der Waals surface area contributed by atoms with Crippen LogP contribution in [0.3, 0.4) is 0 Å². The van der Waals surface area contributed by atoms with E-state index in [0.29, 0.717) is 6.54 Å². The van der Waals surface area contributed by atoms with E-state index in [2.05, 4.69) is 5.32 Å². The first-order chi connectivity index (χ1) is 10.2. The Hall–Kier alpha value is -2.49. The summed E-state index contributed by atoms with van der Waals surface area (Å²) in [6, 6.07) is 13.6. The summed E-state index contributed by atoms with van der Waals surface area (Å²) in [5.41, 5.74) is 3.83. The Labute approximate surface area is 125 Å². The maximum atomic E-state index is 11.6. The van der Waals surface area contributed by atoms with E-state index < -0.39 is 0 Å². The molecule has 0 aliphatic carbocycles. The molecule has 0 aromatic heterocycles. The van der Waals surface area contributed by atoms with Gasteiger partial charge in [-0.1, -0.05) is 30.3 Å². The molecule has 0 aliphatic heterocycles. The predicted molar refractivity (Wildman–Crippen MR) is 86.0 cm³/mol. The van der Waals surface area contributed by atoms with Crippen molar-refractivity contribution >= 4 is 17.8 Å². The topological polar surface area (TPSA) is 41.6 Å². The fraction of sp³-hybridized carbons (Fsp3) is 0.235. The zero-order valence-corrected chi connectivity index (χ0v) is 12.6. The molecule has 110 valence electrons. The third-order valence-corrected chi connectivity index (χ3v) is 3.45. The summed E-state index contributed by atoms with van der Waals surface area (Å²) in [6.45, 7) is 2.46. The first kappa shape index (κ1) is 14.9. The average Bonchev–Trinajstić information content (AvgIpc) is 2.53. The third-order valence-electron chi connectivity index (χ3n) is 3.45. The highest BCUT2D eigenvalue weighted by molar-refractivity contribution is 5.85. The number of aryl methyl sites for hydroxylation is 1. The van der Waals surface area contributed by atoms with Crippen LogP contribution in [-0.4, -0.2) is 20.6 Å². The molecular formula is C17H20N2O2. The predicted octanol–water partition coefficient (Wildman–Crippen LogP) is 3.21. The second-order valence-corrected chi connectivity index (χ2v) is 4.77. The third kappa shape index (κ3) is 3.16. The molecule has 0 heterocycles. The Bertz CT molecular complexity index is 626. The summed E-state index contributed by atoms with van der Waals surface area (Å²) >= 11 is 0. The normalized spacial score (nSPS) is 10.0. The summed E-state index contributed by atoms with van der Waals surface area (Å²) in [4.78, 5) is 13.3. The number of hydrogen-bond donors (Lipinski definition) is 1. The van der Waals surface area contributed by atoms with Crippen molar-refractivity contribution in [2.45, 2.75) is 13.5 Å². The van der Waals surface area contributed by atoms with Crippen LogP contribution in [0.5, 0.6) is 5.75 Å². The van der Waals surface area contributed by atoms with Crippen molar-refractivity contribution in [2.24, 2.45) is 0 Å². The molecule has 2 aromatic rings. The fourth-order valence-corrected chi connectivity index (χ4v) is 2.43. The number of nitrogens with zero attached hydrogens (tertiary/aromatic N) is 1. The van der Waals surface area contributed by atoms with Gasteiger partial charge in [0.25, 0.3) is 0 Å². The minimum absolute atomic E-state index is 0.465. The van der Waals surface area contributed by atoms with E-state index in [1.807, 2.05) is 56.4 Å². The molecule has 1 N–H and O–H groups in total. The van der Waals surface area contributed by atoms with Crippen LogP contribution in [0.4, 0.5) is 11.4 Å². The van der Waals surface area contributed by atoms with E-state index in [1.54, 1.807) is 12.0 Å². The van der Waals surface area contributed by atoms with Gasteiger partial charge < -0.3 is 15.0 Å². The molecule has 0 spiro atoms. The van der Waals surface area contributed by atoms with E-state index >= 15 is 0 Å². The van der Waals surface area contributed by atoms with Gasteiger partial charge in [0.05, 0.1) is 25.0 Å². The second-order valence-electron chi connectivity index (χ2n) is 4.77. The van der Waals surface area contributed by atoms with E-state index in [4.69, 9.17) is 4.74 Å². The molecule has 0 radical (unpaired) electrons. The second kappa shape index (κ2) is 6.79. The highest BCUT2D eigenvalue weighted by Gasteiger charge is 2.15. The number of anilines is 2. The lowest BCUT2D eigenvalue weighted by Gasteiger charge is -2.23. The summed E-state index contributed by atoms with van der Waals surface area (Å²) in [7, 11) is 3.49. The Morgan fingerprint density at radius 1 is 1.19 bits per heavy atom. The van der Waals surface area contributed by atoms with Crippen molar-refractivity contribution in [1.29, 1.82) is 0 Å². The summed E-state index contributed by atoms with van der Waals surface area (Å²) in [6.07, 6.45) is 0.857. The van der Waals surface area contributed by atoms with Gasteiger partial charge in [-0.15, -0.1) is 0 Å². The standard InChI is InChI=1S/C17H20N2O2/c1-13-7-6-9-15(18-2)17(13)19(12-20)11-14-8-4-5-10-16(14)21-3/h4-10,12,18H,11H2,1-3H3. The molecule has 2 aromatic carbocycles. The number of carbonyl (C=O) groups is 1. The van der Waals surface area contributed by atoms with Crippen molar-refractivity contribution in [2.75, 3.05) is 24.4 Å². The molecule has 0 unspecified atom stereocenters. The van der Waals surface area contributed by atoms with E-state index in [-0.39, 0.29) is 0 Å². The van der Waals surface area contributed by atoms with Crippen LogP contribution in [0.1, 0.15) is 11.1 Å². The van der Waals surface area contributed by atoms with E-state index in [9.17, 15) is 4.79 Å². The fourth-order valence-electron chi connectivity index (χ4n) is 2.43. The molecule has 1 amide bonds. The Balaban J connectivity index is 2.39. The quantitative estimate of drug-likeness (QED) is 0.828. The average molecular weight is 284 g/mol. The highest BCUT2D eigenvalue weighted by atomic mass is 16.5. The van der Waals surface area contributed by atoms with Crippen molar-refractivity contribution in [3.05, 3.63) is 53.6 Å². The van der Waals surface area contributed by atoms with Gasteiger partial charge in [0, 0.05) is 12.6 Å². The van der Waals surface area contributed by atoms with E-state index in [0.717, 1.165) is 34.7 Å². The van der Waals surface area contributed by atoms with Gasteiger partial charge in [0.2, 0.25) is 6.41 Å². The van der Waals surface area contributed by atoms with Crippen LogP contribution in [0.25, 0.3) is 0 Å². The number of benzene rings is 2. The van der Waals surface area contributed by atoms with Crippen LogP contribution in [0, 0.1) is 6.92 Å². The van der Waals surface area contributed by atoms with Crippen LogP contribution < -0.4 is 15.0 Å². The minimum atomic E-state index is 0.465. The molecule has 4 heteroatoms. The molecule has 0 saturated heterocycles. The maximum Gasteiger partial charge on any atom is 0.214 e. The Kier molecular flexibility index (Phi) is 4.82. The highest BCUT2D eigenvalue weighted by Crippen LogP contribution is 2.31. The molecule has 0 fully saturated rings. The number of ether oxygens (including phenoxy) is 1. The van der Waals surface area contributed by atoms with Gasteiger partial charge in [0.15, 0.2) is 0 Å². The monoisotopic (exact) mass is 284 g/mol. The summed E-state index contributed by atoms with van der Waals surface area (Å²) in [5, 5.41) is 3.13. The summed E-state index contributed by atoms with van der Waals surface area (Å²) in [5.74, 6) is 0.781. The molecule has 0 aliphatic rings. The number of para-hydroxylation sites is 2. The van der Waals surface area contributed by atoms with Gasteiger partial charge >= 0.3 is 0 Å². The van der Waals surface area contributed by atoms with Crippen LogP contribution in [0.2, 0.25) is 0 Å². The molecule has 2 rings (SSSR count). The molecule has 4 nitrogen and oxygen atoms in total. The van der Waals surface area contributed by atoms with Gasteiger partial charge in [-0.05, 0) is 24.6 Å². The lowest BCUT2D eigenvalue weighted by molar-refractivity contribution is -0.107. The number of methoxy groups -OCH3 is 1. The minimum Gasteiger partial charge on any atom is -0.496 e. The van der Waals surface area contributed by atoms with Crippen molar-refractivity contribution in [3.63, 3.8) is 0 Å². The van der Waals surface area contributed by atoms with Gasteiger partial charge in [0.1, 0.15) is 5.75 Å². The molecular weight excluding hydrogens is 264 g/mol. The first-order valence-electron chi connectivity index (χ1n) is 6.82. The van der Waals surface area contributed by atoms with Crippen LogP contribution >= 0.6 is 0 Å². The molecule has 0 saturated carbocycles. The van der Waals surface area contributed by atoms with Crippen LogP contribution in [0.15, 0.2) is 42.5 Å². The van der Waals surface area contributed by atoms with Gasteiger partial charge in [-0.3, -0.25) is 4.79 Å². The van der Waals surface area contributed by atoms with Crippen molar-refractivity contribution < 1.29 is 9.53 Å². The lowest BCUT2D eigenvalue weighted by Crippen LogP contribution is -2.22. The first-order valence-corrected chi connectivity index (χ1v) is 6.82. The largest absolute Gasteiger partial charge is 0.496 e.